The molecule has 590 valence electrons. The number of aliphatic hydroxyl groups excluding tert-OH is 10. The summed E-state index contributed by atoms with van der Waals surface area (Å²) >= 11 is 0. The Labute approximate surface area is 604 Å². The molecule has 0 spiro atoms. The van der Waals surface area contributed by atoms with Gasteiger partial charge in [0.05, 0.1) is 13.2 Å². The van der Waals surface area contributed by atoms with Gasteiger partial charge in [-0.25, -0.2) is 9.36 Å². The third-order valence-corrected chi connectivity index (χ3v) is 20.2. The fraction of sp³-hybridized carbons (Fsp3) is 0.882. The van der Waals surface area contributed by atoms with Crippen LogP contribution in [0.15, 0.2) is 36.5 Å². The van der Waals surface area contributed by atoms with Crippen molar-refractivity contribution in [2.24, 2.45) is 0 Å². The Hall–Kier alpha value is -2.82. The lowest BCUT2D eigenvalue weighted by atomic mass is 9.84. The van der Waals surface area contributed by atoms with Gasteiger partial charge >= 0.3 is 25.7 Å². The first-order chi connectivity index (χ1) is 48.8. The minimum atomic E-state index is -5.72. The van der Waals surface area contributed by atoms with Gasteiger partial charge in [-0.3, -0.25) is 18.6 Å². The first-order valence-corrected chi connectivity index (χ1v) is 40.8. The van der Waals surface area contributed by atoms with Crippen LogP contribution in [0.25, 0.3) is 0 Å². The minimum absolute atomic E-state index is 0.0201. The van der Waals surface area contributed by atoms with Crippen molar-refractivity contribution in [3.8, 4) is 0 Å². The summed E-state index contributed by atoms with van der Waals surface area (Å²) in [6, 6.07) is 0. The quantitative estimate of drug-likeness (QED) is 0.00512. The largest absolute Gasteiger partial charge is 0.472 e. The number of phosphoric ester groups is 1. The summed E-state index contributed by atoms with van der Waals surface area (Å²) in [7, 11) is -5.72. The first kappa shape index (κ1) is 92.4. The predicted molar refractivity (Wildman–Crippen MR) is 384 cm³/mol. The summed E-state index contributed by atoms with van der Waals surface area (Å²) in [6.45, 7) is 3.34. The van der Waals surface area contributed by atoms with Crippen LogP contribution in [0.3, 0.4) is 0 Å². The Morgan fingerprint density at radius 3 is 1.21 bits per heavy atom. The van der Waals surface area contributed by atoms with Gasteiger partial charge in [0, 0.05) is 18.9 Å². The fourth-order valence-electron chi connectivity index (χ4n) is 12.8. The van der Waals surface area contributed by atoms with E-state index < -0.39 is 156 Å². The summed E-state index contributed by atoms with van der Waals surface area (Å²) in [5.41, 5.74) is 0. The zero-order valence-electron chi connectivity index (χ0n) is 61.7. The summed E-state index contributed by atoms with van der Waals surface area (Å²) in [5.74, 6) is -2.24. The Morgan fingerprint density at radius 2 is 0.772 bits per heavy atom. The van der Waals surface area contributed by atoms with E-state index in [0.29, 0.717) is 12.8 Å². The first-order valence-electron chi connectivity index (χ1n) is 39.3. The third kappa shape index (κ3) is 40.1. The van der Waals surface area contributed by atoms with Gasteiger partial charge in [-0.1, -0.05) is 263 Å². The second-order valence-electron chi connectivity index (χ2n) is 28.1. The van der Waals surface area contributed by atoms with Crippen molar-refractivity contribution in [3.63, 3.8) is 0 Å². The van der Waals surface area contributed by atoms with Crippen molar-refractivity contribution < 1.29 is 117 Å². The molecule has 24 nitrogen and oxygen atoms in total. The van der Waals surface area contributed by atoms with Crippen LogP contribution < -0.4 is 0 Å². The van der Waals surface area contributed by atoms with Gasteiger partial charge in [-0.2, -0.15) is 0 Å². The molecule has 0 aromatic carbocycles. The van der Waals surface area contributed by atoms with Crippen LogP contribution in [0.5, 0.6) is 0 Å². The molecule has 0 radical (unpaired) electrons. The lowest BCUT2D eigenvalue weighted by molar-refractivity contribution is -0.360. The highest BCUT2D eigenvalue weighted by molar-refractivity contribution is 7.47. The normalized spacial score (nSPS) is 27.3. The Balaban J connectivity index is 1.73. The Morgan fingerprint density at radius 1 is 0.406 bits per heavy atom. The molecule has 2 saturated heterocycles. The summed E-state index contributed by atoms with van der Waals surface area (Å²) in [5, 5.41) is 110. The van der Waals surface area contributed by atoms with Crippen LogP contribution >= 0.6 is 7.82 Å². The Kier molecular flexibility index (Phi) is 52.5. The molecule has 0 bridgehead atoms. The second-order valence-corrected chi connectivity index (χ2v) is 29.5. The van der Waals surface area contributed by atoms with Crippen LogP contribution in [0.1, 0.15) is 297 Å². The predicted octanol–water partition coefficient (Wildman–Crippen LogP) is 11.5. The third-order valence-electron chi connectivity index (χ3n) is 19.2. The molecule has 3 fully saturated rings. The van der Waals surface area contributed by atoms with Crippen LogP contribution in [0.2, 0.25) is 0 Å². The maximum Gasteiger partial charge on any atom is 0.472 e. The van der Waals surface area contributed by atoms with E-state index in [4.69, 9.17) is 42.2 Å². The van der Waals surface area contributed by atoms with Crippen LogP contribution in [-0.4, -0.2) is 204 Å². The number of rotatable bonds is 61. The number of aliphatic hydroxyl groups is 10. The maximum atomic E-state index is 14.3. The van der Waals surface area contributed by atoms with Crippen molar-refractivity contribution in [1.82, 2.24) is 0 Å². The van der Waals surface area contributed by atoms with E-state index in [2.05, 4.69) is 32.9 Å². The van der Waals surface area contributed by atoms with E-state index in [1.165, 1.54) is 147 Å². The van der Waals surface area contributed by atoms with Gasteiger partial charge in [-0.05, 0) is 51.4 Å². The molecule has 2 aliphatic heterocycles. The van der Waals surface area contributed by atoms with Gasteiger partial charge in [0.1, 0.15) is 98.7 Å². The maximum absolute atomic E-state index is 14.3. The van der Waals surface area contributed by atoms with Crippen molar-refractivity contribution in [3.05, 3.63) is 36.5 Å². The molecule has 18 unspecified atom stereocenters. The van der Waals surface area contributed by atoms with E-state index >= 15 is 0 Å². The highest BCUT2D eigenvalue weighted by Crippen LogP contribution is 2.49. The van der Waals surface area contributed by atoms with Crippen LogP contribution in [0, 0.1) is 0 Å². The van der Waals surface area contributed by atoms with Gasteiger partial charge in [0.15, 0.2) is 18.7 Å². The van der Waals surface area contributed by atoms with E-state index in [0.717, 1.165) is 115 Å². The van der Waals surface area contributed by atoms with Crippen molar-refractivity contribution in [2.75, 3.05) is 26.4 Å². The highest BCUT2D eigenvalue weighted by Gasteiger charge is 2.58. The summed E-state index contributed by atoms with van der Waals surface area (Å²) in [4.78, 5) is 51.0. The standard InChI is InChI=1S/C76H137O24P/c1-4-7-10-13-16-19-22-25-28-31-34-37-40-43-46-49-52-62(80)95-57(54-92-60(78)50-47-44-41-38-35-32-29-26-23-20-17-14-11-8-5-2)55-94-101(90,91)100-74-72(98-75-70(88)65(83)63(81)58(53-77)96-75)68(86)67(85)69(87)73(74)99-76-71(89)66(84)64(82)59(97-76)56-93-61(79)51-48-45-42-39-36-33-30-27-24-21-18-15-12-9-6-3/h21,24,41,44,47,50,57-59,63-77,81-89H,4-20,22-23,25-40,42-43,45-46,48-49,51-56H2,1-3H3,(H,90,91)/b24-21-,44-41+,50-47+. The van der Waals surface area contributed by atoms with Gasteiger partial charge in [0.2, 0.25) is 0 Å². The zero-order chi connectivity index (χ0) is 73.9. The molecule has 0 aromatic rings. The monoisotopic (exact) mass is 1460 g/mol. The lowest BCUT2D eigenvalue weighted by Gasteiger charge is -2.49. The average Bonchev–Trinajstić information content (AvgIpc) is 0.765. The van der Waals surface area contributed by atoms with E-state index in [9.17, 15) is 74.9 Å². The molecule has 3 aliphatic rings. The van der Waals surface area contributed by atoms with Gasteiger partial charge in [-0.15, -0.1) is 0 Å². The number of hydrogen-bond acceptors (Lipinski definition) is 23. The number of phosphoric acid groups is 1. The van der Waals surface area contributed by atoms with E-state index in [1.54, 1.807) is 6.08 Å². The molecule has 1 aliphatic carbocycles. The number of carbonyl (C=O) groups excluding carboxylic acids is 3. The number of carbonyl (C=O) groups is 3. The molecule has 18 atom stereocenters. The molecule has 11 N–H and O–H groups in total. The number of hydrogen-bond donors (Lipinski definition) is 11. The number of esters is 3. The molecule has 2 heterocycles. The van der Waals surface area contributed by atoms with Gasteiger partial charge < -0.3 is 89.1 Å². The molecule has 1 saturated carbocycles. The molecule has 0 aromatic heterocycles. The summed E-state index contributed by atoms with van der Waals surface area (Å²) in [6.07, 6.45) is 21.1. The topological polar surface area (TPSA) is 374 Å². The molecule has 3 rings (SSSR count). The average molecular weight is 1470 g/mol. The van der Waals surface area contributed by atoms with Crippen LogP contribution in [-0.2, 0) is 61.2 Å². The van der Waals surface area contributed by atoms with Crippen molar-refractivity contribution >= 4 is 25.7 Å². The number of ether oxygens (including phenoxy) is 7. The minimum Gasteiger partial charge on any atom is -0.463 e. The van der Waals surface area contributed by atoms with E-state index in [1.807, 2.05) is 6.08 Å². The molecular formula is C76H137O24P. The van der Waals surface area contributed by atoms with Crippen molar-refractivity contribution in [1.29, 1.82) is 0 Å². The number of unbranched alkanes of at least 4 members (excludes halogenated alkanes) is 37. The molecule has 0 amide bonds. The zero-order valence-corrected chi connectivity index (χ0v) is 62.6. The smallest absolute Gasteiger partial charge is 0.463 e. The molecule has 25 heteroatoms. The Bertz CT molecular complexity index is 2220. The second kappa shape index (κ2) is 57.4. The molecular weight excluding hydrogens is 1330 g/mol. The lowest BCUT2D eigenvalue weighted by Crippen LogP contribution is -2.69. The summed E-state index contributed by atoms with van der Waals surface area (Å²) < 4.78 is 64.9. The van der Waals surface area contributed by atoms with Crippen LogP contribution in [0.4, 0.5) is 0 Å². The highest BCUT2D eigenvalue weighted by atomic mass is 31.2. The van der Waals surface area contributed by atoms with E-state index in [-0.39, 0.29) is 12.8 Å². The SMILES string of the molecule is CCCCCC/C=C\CCCCCCCCCC(=O)OCC1OC(OC2C(O)C(O)C(O)C(OC3OC(CO)C(O)C(O)C3O)C2OP(=O)(O)OCC(COC(=O)/C=C/C=C/CCCCCCCCCCCCC)OC(=O)CCCCCCCCCCCCCCCCCC)C(O)C(O)C1O. The van der Waals surface area contributed by atoms with Crippen molar-refractivity contribution in [2.45, 2.75) is 401 Å². The molecule has 101 heavy (non-hydrogen) atoms. The van der Waals surface area contributed by atoms with Gasteiger partial charge in [0.25, 0.3) is 0 Å². The fourth-order valence-corrected chi connectivity index (χ4v) is 13.8. The number of allylic oxidation sites excluding steroid dienone is 5.